The van der Waals surface area contributed by atoms with Gasteiger partial charge < -0.3 is 10.2 Å². The zero-order valence-corrected chi connectivity index (χ0v) is 27.7. The number of carbonyl (C=O) groups is 2. The van der Waals surface area contributed by atoms with Crippen molar-refractivity contribution in [2.24, 2.45) is 0 Å². The number of hydrogen-bond donors (Lipinski definition) is 1. The lowest BCUT2D eigenvalue weighted by Crippen LogP contribution is -2.54. The lowest BCUT2D eigenvalue weighted by molar-refractivity contribution is -0.140. The van der Waals surface area contributed by atoms with E-state index in [2.05, 4.69) is 42.0 Å². The van der Waals surface area contributed by atoms with Crippen molar-refractivity contribution in [3.05, 3.63) is 100 Å². The first kappa shape index (κ1) is 33.3. The number of nitrogens with one attached hydrogen (secondary N) is 1. The molecule has 3 aromatic carbocycles. The molecule has 0 saturated carbocycles. The number of hydrogen-bond acceptors (Lipinski definition) is 4. The summed E-state index contributed by atoms with van der Waals surface area (Å²) in [5.74, 6) is -0.752. The van der Waals surface area contributed by atoms with Gasteiger partial charge in [-0.15, -0.1) is 0 Å². The van der Waals surface area contributed by atoms with Crippen molar-refractivity contribution in [1.82, 2.24) is 10.2 Å². The van der Waals surface area contributed by atoms with Crippen molar-refractivity contribution >= 4 is 43.5 Å². The minimum Gasteiger partial charge on any atom is -0.352 e. The first-order chi connectivity index (χ1) is 19.7. The van der Waals surface area contributed by atoms with Crippen LogP contribution in [0.3, 0.4) is 0 Å². The second kappa shape index (κ2) is 14.3. The van der Waals surface area contributed by atoms with Crippen LogP contribution in [0.2, 0.25) is 0 Å². The summed E-state index contributed by atoms with van der Waals surface area (Å²) in [4.78, 5) is 29.5. The molecule has 42 heavy (non-hydrogen) atoms. The highest BCUT2D eigenvalue weighted by atomic mass is 79.9. The molecule has 3 aromatic rings. The second-order valence-corrected chi connectivity index (χ2v) is 14.6. The molecule has 0 aliphatic heterocycles. The van der Waals surface area contributed by atoms with Crippen molar-refractivity contribution in [3.8, 4) is 0 Å². The van der Waals surface area contributed by atoms with Gasteiger partial charge in [0.25, 0.3) is 0 Å². The topological polar surface area (TPSA) is 86.8 Å². The SMILES string of the molecule is CC[C@@H](C)NC(=O)[C@@H](Cc1ccccc1)N(Cc1cccc(Br)c1)C(=O)CN(c1ccc(C(C)(C)C)cc1)S(C)(=O)=O. The first-order valence-corrected chi connectivity index (χ1v) is 16.8. The Labute approximate surface area is 259 Å². The molecule has 0 unspecified atom stereocenters. The third kappa shape index (κ3) is 9.42. The van der Waals surface area contributed by atoms with Crippen molar-refractivity contribution in [3.63, 3.8) is 0 Å². The van der Waals surface area contributed by atoms with Crippen LogP contribution in [0.15, 0.2) is 83.3 Å². The molecule has 0 bridgehead atoms. The fourth-order valence-electron chi connectivity index (χ4n) is 4.57. The molecule has 0 aliphatic rings. The predicted octanol–water partition coefficient (Wildman–Crippen LogP) is 6.07. The quantitative estimate of drug-likeness (QED) is 0.257. The largest absolute Gasteiger partial charge is 0.352 e. The average Bonchev–Trinajstić information content (AvgIpc) is 2.93. The second-order valence-electron chi connectivity index (χ2n) is 11.7. The smallest absolute Gasteiger partial charge is 0.244 e. The molecule has 3 rings (SSSR count). The zero-order valence-electron chi connectivity index (χ0n) is 25.3. The molecule has 226 valence electrons. The van der Waals surface area contributed by atoms with Crippen LogP contribution in [0.5, 0.6) is 0 Å². The van der Waals surface area contributed by atoms with Gasteiger partial charge in [0.2, 0.25) is 21.8 Å². The van der Waals surface area contributed by atoms with Gasteiger partial charge in [-0.2, -0.15) is 0 Å². The van der Waals surface area contributed by atoms with Crippen LogP contribution in [0, 0.1) is 0 Å². The molecule has 0 aliphatic carbocycles. The van der Waals surface area contributed by atoms with Crippen molar-refractivity contribution in [2.45, 2.75) is 71.5 Å². The number of anilines is 1. The maximum atomic E-state index is 14.2. The standard InChI is InChI=1S/C33H42BrN3O4S/c1-7-24(2)35-32(39)30(21-25-12-9-8-10-13-25)36(22-26-14-11-15-28(34)20-26)31(38)23-37(42(6,40)41)29-18-16-27(17-19-29)33(3,4)5/h8-20,24,30H,7,21-23H2,1-6H3,(H,35,39)/t24-,30-/m1/s1. The van der Waals surface area contributed by atoms with Gasteiger partial charge in [0.15, 0.2) is 0 Å². The molecular weight excluding hydrogens is 614 g/mol. The van der Waals surface area contributed by atoms with Gasteiger partial charge in [0.05, 0.1) is 11.9 Å². The predicted molar refractivity (Wildman–Crippen MR) is 174 cm³/mol. The first-order valence-electron chi connectivity index (χ1n) is 14.2. The van der Waals surface area contributed by atoms with E-state index in [1.54, 1.807) is 12.1 Å². The van der Waals surface area contributed by atoms with Gasteiger partial charge >= 0.3 is 0 Å². The molecule has 1 N–H and O–H groups in total. The molecule has 2 amide bonds. The Balaban J connectivity index is 2.06. The zero-order chi connectivity index (χ0) is 31.1. The normalized spacial score (nSPS) is 13.2. The van der Waals surface area contributed by atoms with E-state index in [4.69, 9.17) is 0 Å². The van der Waals surface area contributed by atoms with E-state index in [-0.39, 0.29) is 30.3 Å². The molecule has 0 radical (unpaired) electrons. The number of halogens is 1. The Morgan fingerprint density at radius 2 is 1.55 bits per heavy atom. The number of sulfonamides is 1. The fraction of sp³-hybridized carbons (Fsp3) is 0.394. The number of nitrogens with zero attached hydrogens (tertiary/aromatic N) is 2. The highest BCUT2D eigenvalue weighted by Gasteiger charge is 2.33. The van der Waals surface area contributed by atoms with E-state index in [9.17, 15) is 18.0 Å². The van der Waals surface area contributed by atoms with Gasteiger partial charge in [-0.1, -0.05) is 98.2 Å². The summed E-state index contributed by atoms with van der Waals surface area (Å²) >= 11 is 3.50. The minimum absolute atomic E-state index is 0.0903. The lowest BCUT2D eigenvalue weighted by Gasteiger charge is -2.34. The minimum atomic E-state index is -3.82. The molecule has 0 saturated heterocycles. The molecular formula is C33H42BrN3O4S. The van der Waals surface area contributed by atoms with Gasteiger partial charge in [-0.25, -0.2) is 8.42 Å². The van der Waals surface area contributed by atoms with Gasteiger partial charge in [0, 0.05) is 23.5 Å². The highest BCUT2D eigenvalue weighted by molar-refractivity contribution is 9.10. The Morgan fingerprint density at radius 3 is 2.10 bits per heavy atom. The maximum Gasteiger partial charge on any atom is 0.244 e. The number of rotatable bonds is 12. The summed E-state index contributed by atoms with van der Waals surface area (Å²) < 4.78 is 28.0. The monoisotopic (exact) mass is 655 g/mol. The van der Waals surface area contributed by atoms with Crippen LogP contribution in [0.4, 0.5) is 5.69 Å². The van der Waals surface area contributed by atoms with Crippen LogP contribution in [-0.4, -0.2) is 50.0 Å². The Kier molecular flexibility index (Phi) is 11.4. The van der Waals surface area contributed by atoms with E-state index < -0.39 is 28.5 Å². The molecule has 9 heteroatoms. The summed E-state index contributed by atoms with van der Waals surface area (Å²) in [6.45, 7) is 9.83. The van der Waals surface area contributed by atoms with Crippen LogP contribution >= 0.6 is 15.9 Å². The Bertz CT molecular complexity index is 1450. The number of benzene rings is 3. The Morgan fingerprint density at radius 1 is 0.929 bits per heavy atom. The third-order valence-electron chi connectivity index (χ3n) is 7.21. The van der Waals surface area contributed by atoms with E-state index in [0.717, 1.165) is 38.1 Å². The number of carbonyl (C=O) groups excluding carboxylic acids is 2. The van der Waals surface area contributed by atoms with Crippen LogP contribution in [0.25, 0.3) is 0 Å². The summed E-state index contributed by atoms with van der Waals surface area (Å²) in [7, 11) is -3.82. The van der Waals surface area contributed by atoms with Crippen LogP contribution in [0.1, 0.15) is 57.7 Å². The van der Waals surface area contributed by atoms with Gasteiger partial charge in [-0.3, -0.25) is 13.9 Å². The van der Waals surface area contributed by atoms with E-state index in [1.165, 1.54) is 4.90 Å². The molecule has 0 heterocycles. The number of amides is 2. The third-order valence-corrected chi connectivity index (χ3v) is 8.85. The maximum absolute atomic E-state index is 14.2. The summed E-state index contributed by atoms with van der Waals surface area (Å²) in [6, 6.07) is 23.3. The molecule has 0 aromatic heterocycles. The van der Waals surface area contributed by atoms with E-state index in [0.29, 0.717) is 5.69 Å². The van der Waals surface area contributed by atoms with Crippen LogP contribution < -0.4 is 9.62 Å². The Hall–Kier alpha value is -3.17. The van der Waals surface area contributed by atoms with E-state index in [1.807, 2.05) is 80.6 Å². The van der Waals surface area contributed by atoms with Crippen LogP contribution in [-0.2, 0) is 38.0 Å². The van der Waals surface area contributed by atoms with Crippen molar-refractivity contribution in [2.75, 3.05) is 17.1 Å². The lowest BCUT2D eigenvalue weighted by atomic mass is 9.87. The van der Waals surface area contributed by atoms with Gasteiger partial charge in [-0.05, 0) is 59.7 Å². The summed E-state index contributed by atoms with van der Waals surface area (Å²) in [5.41, 5.74) is 3.04. The average molecular weight is 657 g/mol. The summed E-state index contributed by atoms with van der Waals surface area (Å²) in [5, 5.41) is 3.04. The fourth-order valence-corrected chi connectivity index (χ4v) is 5.86. The highest BCUT2D eigenvalue weighted by Crippen LogP contribution is 2.26. The van der Waals surface area contributed by atoms with E-state index >= 15 is 0 Å². The van der Waals surface area contributed by atoms with Crippen molar-refractivity contribution in [1.29, 1.82) is 0 Å². The van der Waals surface area contributed by atoms with Crippen molar-refractivity contribution < 1.29 is 18.0 Å². The molecule has 0 fully saturated rings. The molecule has 7 nitrogen and oxygen atoms in total. The molecule has 2 atom stereocenters. The summed E-state index contributed by atoms with van der Waals surface area (Å²) in [6.07, 6.45) is 2.10. The van der Waals surface area contributed by atoms with Gasteiger partial charge in [0.1, 0.15) is 12.6 Å². The molecule has 0 spiro atoms.